The Morgan fingerprint density at radius 3 is 0.609 bits per heavy atom. The number of carbonyl (C=O) groups excluding carboxylic acids is 6. The third-order valence-electron chi connectivity index (χ3n) is 16.5. The van der Waals surface area contributed by atoms with Gasteiger partial charge in [-0.25, -0.2) is 0 Å². The van der Waals surface area contributed by atoms with Crippen molar-refractivity contribution in [2.75, 3.05) is 39.6 Å². The van der Waals surface area contributed by atoms with Crippen LogP contribution in [0.25, 0.3) is 0 Å². The van der Waals surface area contributed by atoms with Gasteiger partial charge in [-0.2, -0.15) is 0 Å². The first-order chi connectivity index (χ1) is 41.6. The lowest BCUT2D eigenvalue weighted by Crippen LogP contribution is -2.32. The van der Waals surface area contributed by atoms with Crippen LogP contribution in [-0.4, -0.2) is 104 Å². The molecule has 3 aromatic rings. The Labute approximate surface area is 570 Å². The van der Waals surface area contributed by atoms with Crippen LogP contribution in [0.4, 0.5) is 0 Å². The van der Waals surface area contributed by atoms with Crippen LogP contribution in [-0.2, 0) is 91.7 Å². The molecule has 6 N–H and O–H groups in total. The topological polar surface area (TPSA) is 251 Å². The second kappa shape index (κ2) is 35.4. The molecule has 3 rings (SSSR count). The van der Waals surface area contributed by atoms with E-state index in [4.69, 9.17) is 29.5 Å². The maximum atomic E-state index is 12.5. The lowest BCUT2D eigenvalue weighted by molar-refractivity contribution is -0.145. The zero-order valence-corrected chi connectivity index (χ0v) is 63.5. The van der Waals surface area contributed by atoms with Gasteiger partial charge in [-0.1, -0.05) is 189 Å². The molecule has 0 amide bonds. The molecule has 0 saturated heterocycles. The smallest absolute Gasteiger partial charge is 0.305 e. The van der Waals surface area contributed by atoms with Gasteiger partial charge in [0.2, 0.25) is 0 Å². The molecule has 0 bridgehead atoms. The van der Waals surface area contributed by atoms with Gasteiger partial charge in [-0.3, -0.25) is 28.8 Å². The van der Waals surface area contributed by atoms with E-state index >= 15 is 0 Å². The monoisotopic (exact) mass is 1340 g/mol. The highest BCUT2D eigenvalue weighted by Crippen LogP contribution is 2.47. The number of rotatable bonds is 24. The van der Waals surface area contributed by atoms with Crippen molar-refractivity contribution in [3.05, 3.63) is 86.5 Å². The molecule has 3 aromatic carbocycles. The van der Waals surface area contributed by atoms with E-state index in [-0.39, 0.29) is 122 Å². The number of hydrogen-bond donors (Lipinski definition) is 9. The highest BCUT2D eigenvalue weighted by molar-refractivity contribution is 7.97. The van der Waals surface area contributed by atoms with Gasteiger partial charge in [-0.05, 0) is 142 Å². The summed E-state index contributed by atoms with van der Waals surface area (Å²) in [5, 5.41) is 57.3. The summed E-state index contributed by atoms with van der Waals surface area (Å²) in [7, 11) is 0. The van der Waals surface area contributed by atoms with Gasteiger partial charge >= 0.3 is 17.9 Å². The van der Waals surface area contributed by atoms with Crippen molar-refractivity contribution in [2.45, 2.75) is 280 Å². The Morgan fingerprint density at radius 1 is 0.337 bits per heavy atom. The summed E-state index contributed by atoms with van der Waals surface area (Å²) >= 11 is 12.4. The summed E-state index contributed by atoms with van der Waals surface area (Å²) in [4.78, 5) is 73.7. The number of phenols is 3. The summed E-state index contributed by atoms with van der Waals surface area (Å²) in [5.74, 6) is -0.143. The molecule has 18 heteroatoms. The van der Waals surface area contributed by atoms with Crippen molar-refractivity contribution in [1.82, 2.24) is 0 Å². The van der Waals surface area contributed by atoms with Crippen LogP contribution < -0.4 is 0 Å². The third kappa shape index (κ3) is 25.5. The van der Waals surface area contributed by atoms with Gasteiger partial charge < -0.3 is 44.8 Å². The van der Waals surface area contributed by atoms with Crippen LogP contribution in [0, 0.1) is 5.41 Å². The first kappa shape index (κ1) is 87.4. The molecule has 0 saturated carbocycles. The Hall–Kier alpha value is -4.59. The van der Waals surface area contributed by atoms with E-state index in [1.54, 1.807) is 27.7 Å². The number of aliphatic hydroxyl groups is 3. The quantitative estimate of drug-likeness (QED) is 0.0230. The molecular formula is C74H120O15S3. The fourth-order valence-corrected chi connectivity index (χ4v) is 10.2. The van der Waals surface area contributed by atoms with Crippen molar-refractivity contribution >= 4 is 71.1 Å². The maximum absolute atomic E-state index is 12.5. The van der Waals surface area contributed by atoms with Crippen LogP contribution in [0.15, 0.2) is 36.4 Å². The molecule has 15 nitrogen and oxygen atoms in total. The molecule has 0 heterocycles. The molecule has 0 aromatic heterocycles. The van der Waals surface area contributed by atoms with E-state index in [0.29, 0.717) is 39.1 Å². The molecule has 524 valence electrons. The number of aliphatic hydroxyl groups excluding tert-OH is 3. The summed E-state index contributed by atoms with van der Waals surface area (Å²) in [6.45, 7) is 49.9. The molecule has 0 aliphatic heterocycles. The van der Waals surface area contributed by atoms with Crippen LogP contribution in [0.3, 0.4) is 0 Å². The zero-order chi connectivity index (χ0) is 72.4. The molecule has 0 spiro atoms. The van der Waals surface area contributed by atoms with Gasteiger partial charge in [0.25, 0.3) is 0 Å². The van der Waals surface area contributed by atoms with E-state index in [1.165, 1.54) is 0 Å². The van der Waals surface area contributed by atoms with E-state index in [9.17, 15) is 44.1 Å². The molecule has 3 unspecified atom stereocenters. The fourth-order valence-electron chi connectivity index (χ4n) is 9.48. The summed E-state index contributed by atoms with van der Waals surface area (Å²) in [6.07, 6.45) is 3.60. The number of ether oxygens (including phenoxy) is 3. The maximum Gasteiger partial charge on any atom is 0.305 e. The van der Waals surface area contributed by atoms with Crippen LogP contribution in [0.1, 0.15) is 281 Å². The molecular weight excluding hydrogens is 1220 g/mol. The predicted molar refractivity (Wildman–Crippen MR) is 381 cm³/mol. The highest BCUT2D eigenvalue weighted by atomic mass is 32.1. The molecule has 0 aliphatic rings. The number of aromatic hydroxyl groups is 3. The molecule has 0 fully saturated rings. The summed E-state index contributed by atoms with van der Waals surface area (Å²) < 4.78 is 15.5. The van der Waals surface area contributed by atoms with Crippen molar-refractivity contribution in [3.63, 3.8) is 0 Å². The number of phenolic OH excluding ortho intramolecular Hbond substituents is 3. The van der Waals surface area contributed by atoms with Crippen molar-refractivity contribution in [2.24, 2.45) is 5.41 Å². The van der Waals surface area contributed by atoms with E-state index in [1.807, 2.05) is 182 Å². The zero-order valence-electron chi connectivity index (χ0n) is 60.8. The van der Waals surface area contributed by atoms with Crippen LogP contribution in [0.5, 0.6) is 17.2 Å². The van der Waals surface area contributed by atoms with Gasteiger partial charge in [0.05, 0.1) is 55.9 Å². The average molecular weight is 1350 g/mol. The van der Waals surface area contributed by atoms with E-state index < -0.39 is 21.7 Å². The molecule has 3 atom stereocenters. The second-order valence-electron chi connectivity index (χ2n) is 31.6. The van der Waals surface area contributed by atoms with Crippen molar-refractivity contribution < 1.29 is 73.6 Å². The van der Waals surface area contributed by atoms with Gasteiger partial charge in [0, 0.05) is 24.7 Å². The van der Waals surface area contributed by atoms with Gasteiger partial charge in [-0.15, -0.1) is 37.9 Å². The van der Waals surface area contributed by atoms with E-state index in [0.717, 1.165) is 69.3 Å². The number of esters is 3. The predicted octanol–water partition coefficient (Wildman–Crippen LogP) is 15.3. The van der Waals surface area contributed by atoms with Crippen molar-refractivity contribution in [1.29, 1.82) is 0 Å². The van der Waals surface area contributed by atoms with Gasteiger partial charge in [0.1, 0.15) is 17.2 Å². The Morgan fingerprint density at radius 2 is 0.500 bits per heavy atom. The number of benzene rings is 3. The number of hydrogen-bond acceptors (Lipinski definition) is 15. The fraction of sp³-hybridized carbons (Fsp3) is 0.676. The van der Waals surface area contributed by atoms with Crippen molar-refractivity contribution in [3.8, 4) is 17.2 Å². The Balaban J connectivity index is 0.00000127. The molecule has 0 radical (unpaired) electrons. The minimum absolute atomic E-state index is 0.138. The van der Waals surface area contributed by atoms with Crippen LogP contribution >= 0.6 is 37.9 Å². The average Bonchev–Trinajstić information content (AvgIpc) is 0.780. The lowest BCUT2D eigenvalue weighted by Gasteiger charge is -2.33. The SMILES string of the molecule is CC(CO)(CO)CO.CCCOC(=O)CCC(C)(C(=O)S)c1cc(C(C)(C)C)c(O)c(C(C)(C)C)c1.CCCOC(=O)CCC(C)(C(=O)S)c1cc(C(C)(C)C)c(O)c(C(C)(C)C)c1.CCCOC(=O)CCC(C)(C(=O)S)c1cc(C(C)(C)C)c(O)c(C(C)(C)C)c1. The van der Waals surface area contributed by atoms with E-state index in [2.05, 4.69) is 37.9 Å². The Bertz CT molecular complexity index is 2530. The molecule has 0 aliphatic carbocycles. The minimum atomic E-state index is -0.956. The minimum Gasteiger partial charge on any atom is -0.507 e. The van der Waals surface area contributed by atoms with Gasteiger partial charge in [0.15, 0.2) is 15.3 Å². The van der Waals surface area contributed by atoms with Crippen LogP contribution in [0.2, 0.25) is 0 Å². The standard InChI is InChI=1S/3C23H36O4S.C5H12O3/c3*1-9-12-27-18(24)10-11-23(8,20(26)28)15-13-16(21(2,3)4)19(25)17(14-15)22(5,6)7;1-5(2-6,3-7)4-8/h3*13-14,25H,9-12H2,1-8H3,(H,26,28);6-8H,2-4H2,1H3. The number of thiol groups is 3. The summed E-state index contributed by atoms with van der Waals surface area (Å²) in [5.41, 5.74) is 1.59. The lowest BCUT2D eigenvalue weighted by atomic mass is 9.72. The normalized spacial score (nSPS) is 14.2. The summed E-state index contributed by atoms with van der Waals surface area (Å²) in [6, 6.07) is 11.3. The Kier molecular flexibility index (Phi) is 33.6. The second-order valence-corrected chi connectivity index (χ2v) is 32.8. The largest absolute Gasteiger partial charge is 0.507 e. The first-order valence-electron chi connectivity index (χ1n) is 32.3. The first-order valence-corrected chi connectivity index (χ1v) is 33.6. The molecule has 92 heavy (non-hydrogen) atoms. The third-order valence-corrected chi connectivity index (χ3v) is 18.0. The number of carbonyl (C=O) groups is 6. The highest BCUT2D eigenvalue weighted by Gasteiger charge is 2.41.